The van der Waals surface area contributed by atoms with Crippen LogP contribution in [-0.4, -0.2) is 0 Å². The van der Waals surface area contributed by atoms with Gasteiger partial charge in [-0.25, -0.2) is 0 Å². The van der Waals surface area contributed by atoms with E-state index in [0.717, 1.165) is 0 Å². The number of unbranched alkanes of at least 4 members (excludes halogenated alkanes) is 1. The Balaban J connectivity index is 0.00000144. The van der Waals surface area contributed by atoms with Gasteiger partial charge in [0.1, 0.15) is 0 Å². The molecule has 0 aromatic heterocycles. The van der Waals surface area contributed by atoms with E-state index in [1.807, 2.05) is 0 Å². The van der Waals surface area contributed by atoms with Gasteiger partial charge in [0, 0.05) is 25.8 Å². The maximum absolute atomic E-state index is 2.21. The maximum Gasteiger partial charge on any atom is 0 e. The van der Waals surface area contributed by atoms with Crippen LogP contribution in [0.1, 0.15) is 24.0 Å². The normalized spacial score (nSPS) is 9.65. The summed E-state index contributed by atoms with van der Waals surface area (Å²) in [6.07, 6.45) is 4.96. The SMILES string of the molecule is [Hf].c1ccc(CCCCc2ccccc2)cc1. The molecule has 0 atom stereocenters. The van der Waals surface area contributed by atoms with E-state index in [-0.39, 0.29) is 25.8 Å². The predicted molar refractivity (Wildman–Crippen MR) is 69.5 cm³/mol. The van der Waals surface area contributed by atoms with Crippen LogP contribution in [0.25, 0.3) is 0 Å². The van der Waals surface area contributed by atoms with Crippen molar-refractivity contribution in [3.63, 3.8) is 0 Å². The number of rotatable bonds is 5. The molecule has 2 aromatic carbocycles. The molecular weight excluding hydrogens is 371 g/mol. The van der Waals surface area contributed by atoms with Crippen LogP contribution in [0, 0.1) is 0 Å². The van der Waals surface area contributed by atoms with Crippen LogP contribution < -0.4 is 0 Å². The molecular formula is C16H18Hf. The Morgan fingerprint density at radius 2 is 0.882 bits per heavy atom. The van der Waals surface area contributed by atoms with E-state index in [2.05, 4.69) is 60.7 Å². The molecule has 0 spiro atoms. The average Bonchev–Trinajstić information content (AvgIpc) is 2.37. The van der Waals surface area contributed by atoms with Crippen LogP contribution >= 0.6 is 0 Å². The van der Waals surface area contributed by atoms with Gasteiger partial charge in [0.2, 0.25) is 0 Å². The van der Waals surface area contributed by atoms with Crippen molar-refractivity contribution in [2.24, 2.45) is 0 Å². The Labute approximate surface area is 123 Å². The first-order valence-corrected chi connectivity index (χ1v) is 6.03. The van der Waals surface area contributed by atoms with Crippen molar-refractivity contribution >= 4 is 0 Å². The molecule has 2 rings (SSSR count). The van der Waals surface area contributed by atoms with E-state index in [1.54, 1.807) is 0 Å². The van der Waals surface area contributed by atoms with Crippen molar-refractivity contribution in [1.29, 1.82) is 0 Å². The van der Waals surface area contributed by atoms with Gasteiger partial charge < -0.3 is 0 Å². The van der Waals surface area contributed by atoms with Crippen molar-refractivity contribution in [1.82, 2.24) is 0 Å². The summed E-state index contributed by atoms with van der Waals surface area (Å²) in [7, 11) is 0. The zero-order chi connectivity index (χ0) is 11.1. The van der Waals surface area contributed by atoms with Crippen LogP contribution in [0.4, 0.5) is 0 Å². The molecule has 86 valence electrons. The zero-order valence-corrected chi connectivity index (χ0v) is 13.7. The van der Waals surface area contributed by atoms with Gasteiger partial charge in [0.05, 0.1) is 0 Å². The van der Waals surface area contributed by atoms with Crippen LogP contribution in [0.15, 0.2) is 60.7 Å². The minimum absolute atomic E-state index is 0. The fourth-order valence-corrected chi connectivity index (χ4v) is 1.95. The summed E-state index contributed by atoms with van der Waals surface area (Å²) >= 11 is 0. The molecule has 0 heterocycles. The maximum atomic E-state index is 2.21. The van der Waals surface area contributed by atoms with E-state index in [1.165, 1.54) is 36.8 Å². The molecule has 2 aromatic rings. The van der Waals surface area contributed by atoms with Gasteiger partial charge >= 0.3 is 0 Å². The summed E-state index contributed by atoms with van der Waals surface area (Å²) in [5.74, 6) is 0. The Hall–Kier alpha value is -0.690. The predicted octanol–water partition coefficient (Wildman–Crippen LogP) is 4.25. The fourth-order valence-electron chi connectivity index (χ4n) is 1.95. The van der Waals surface area contributed by atoms with E-state index in [4.69, 9.17) is 0 Å². The summed E-state index contributed by atoms with van der Waals surface area (Å²) in [6.45, 7) is 0. The third kappa shape index (κ3) is 5.45. The molecule has 0 radical (unpaired) electrons. The topological polar surface area (TPSA) is 0 Å². The molecule has 0 fully saturated rings. The molecule has 1 heteroatoms. The van der Waals surface area contributed by atoms with Crippen molar-refractivity contribution < 1.29 is 25.8 Å². The second kappa shape index (κ2) is 8.41. The largest absolute Gasteiger partial charge is 0.0622 e. The quantitative estimate of drug-likeness (QED) is 0.530. The Kier molecular flexibility index (Phi) is 7.11. The van der Waals surface area contributed by atoms with Crippen LogP contribution in [0.3, 0.4) is 0 Å². The fraction of sp³-hybridized carbons (Fsp3) is 0.250. The Morgan fingerprint density at radius 1 is 0.529 bits per heavy atom. The first kappa shape index (κ1) is 14.4. The van der Waals surface area contributed by atoms with E-state index < -0.39 is 0 Å². The zero-order valence-electron chi connectivity index (χ0n) is 10.1. The second-order valence-corrected chi connectivity index (χ2v) is 4.18. The van der Waals surface area contributed by atoms with Crippen LogP contribution in [0.5, 0.6) is 0 Å². The van der Waals surface area contributed by atoms with Gasteiger partial charge in [-0.3, -0.25) is 0 Å². The molecule has 0 aliphatic carbocycles. The van der Waals surface area contributed by atoms with Crippen molar-refractivity contribution in [3.05, 3.63) is 71.8 Å². The summed E-state index contributed by atoms with van der Waals surface area (Å²) < 4.78 is 0. The summed E-state index contributed by atoms with van der Waals surface area (Å²) in [5, 5.41) is 0. The molecule has 0 saturated heterocycles. The minimum atomic E-state index is 0. The van der Waals surface area contributed by atoms with Gasteiger partial charge in [-0.05, 0) is 36.8 Å². The third-order valence-electron chi connectivity index (χ3n) is 2.87. The minimum Gasteiger partial charge on any atom is -0.0622 e. The molecule has 0 aliphatic rings. The molecule has 0 aliphatic heterocycles. The molecule has 0 saturated carbocycles. The second-order valence-electron chi connectivity index (χ2n) is 4.18. The Morgan fingerprint density at radius 3 is 1.24 bits per heavy atom. The van der Waals surface area contributed by atoms with Crippen LogP contribution in [0.2, 0.25) is 0 Å². The number of benzene rings is 2. The summed E-state index contributed by atoms with van der Waals surface area (Å²) in [6, 6.07) is 21.5. The molecule has 0 bridgehead atoms. The molecule has 0 nitrogen and oxygen atoms in total. The third-order valence-corrected chi connectivity index (χ3v) is 2.87. The van der Waals surface area contributed by atoms with Gasteiger partial charge in [0.25, 0.3) is 0 Å². The summed E-state index contributed by atoms with van der Waals surface area (Å²) in [4.78, 5) is 0. The summed E-state index contributed by atoms with van der Waals surface area (Å²) in [5.41, 5.74) is 2.91. The first-order chi connectivity index (χ1) is 7.95. The van der Waals surface area contributed by atoms with E-state index in [0.29, 0.717) is 0 Å². The van der Waals surface area contributed by atoms with Crippen molar-refractivity contribution in [3.8, 4) is 0 Å². The molecule has 17 heavy (non-hydrogen) atoms. The smallest absolute Gasteiger partial charge is 0 e. The van der Waals surface area contributed by atoms with Gasteiger partial charge in [0.15, 0.2) is 0 Å². The van der Waals surface area contributed by atoms with Crippen molar-refractivity contribution in [2.75, 3.05) is 0 Å². The van der Waals surface area contributed by atoms with Gasteiger partial charge in [-0.15, -0.1) is 0 Å². The Bertz CT molecular complexity index is 353. The van der Waals surface area contributed by atoms with E-state index >= 15 is 0 Å². The molecule has 0 N–H and O–H groups in total. The number of hydrogen-bond acceptors (Lipinski definition) is 0. The monoisotopic (exact) mass is 390 g/mol. The van der Waals surface area contributed by atoms with Gasteiger partial charge in [-0.1, -0.05) is 60.7 Å². The van der Waals surface area contributed by atoms with Crippen molar-refractivity contribution in [2.45, 2.75) is 25.7 Å². The average molecular weight is 389 g/mol. The van der Waals surface area contributed by atoms with Gasteiger partial charge in [-0.2, -0.15) is 0 Å². The molecule has 0 amide bonds. The van der Waals surface area contributed by atoms with Crippen LogP contribution in [-0.2, 0) is 38.7 Å². The molecule has 0 unspecified atom stereocenters. The van der Waals surface area contributed by atoms with E-state index in [9.17, 15) is 0 Å². The number of aryl methyl sites for hydroxylation is 2. The standard InChI is InChI=1S/C16H18.Hf/c1-3-9-15(10-4-1)13-7-8-14-16-11-5-2-6-12-16;/h1-6,9-12H,7-8,13-14H2;. The first-order valence-electron chi connectivity index (χ1n) is 6.03. The number of hydrogen-bond donors (Lipinski definition) is 0.